The molecule has 0 amide bonds. The van der Waals surface area contributed by atoms with Crippen molar-refractivity contribution in [1.82, 2.24) is 15.0 Å². The molecule has 1 atom stereocenters. The number of nitrogens with zero attached hydrogens (tertiary/aromatic N) is 3. The molecule has 0 bridgehead atoms. The largest absolute Gasteiger partial charge is 0.339 e. The fourth-order valence-electron chi connectivity index (χ4n) is 3.03. The molecule has 1 aliphatic heterocycles. The minimum Gasteiger partial charge on any atom is -0.339 e. The molecular formula is C16H18FN3O. The van der Waals surface area contributed by atoms with Crippen LogP contribution in [0, 0.1) is 5.82 Å². The maximum atomic E-state index is 13.8. The van der Waals surface area contributed by atoms with E-state index in [0.717, 1.165) is 49.5 Å². The minimum absolute atomic E-state index is 0.144. The Balaban J connectivity index is 1.52. The molecule has 0 spiro atoms. The van der Waals surface area contributed by atoms with Gasteiger partial charge in [0, 0.05) is 18.0 Å². The molecule has 4 nitrogen and oxygen atoms in total. The van der Waals surface area contributed by atoms with Crippen molar-refractivity contribution in [3.05, 3.63) is 47.4 Å². The quantitative estimate of drug-likeness (QED) is 0.864. The third-order valence-corrected chi connectivity index (χ3v) is 4.38. The first-order valence-electron chi connectivity index (χ1n) is 7.62. The monoisotopic (exact) mass is 287 g/mol. The Hall–Kier alpha value is -1.75. The van der Waals surface area contributed by atoms with Gasteiger partial charge in [-0.05, 0) is 38.3 Å². The second-order valence-electron chi connectivity index (χ2n) is 5.98. The van der Waals surface area contributed by atoms with E-state index < -0.39 is 0 Å². The molecule has 21 heavy (non-hydrogen) atoms. The Morgan fingerprint density at radius 2 is 2.10 bits per heavy atom. The summed E-state index contributed by atoms with van der Waals surface area (Å²) in [5.74, 6) is 1.89. The summed E-state index contributed by atoms with van der Waals surface area (Å²) in [5, 5.41) is 4.15. The fourth-order valence-corrected chi connectivity index (χ4v) is 3.03. The predicted octanol–water partition coefficient (Wildman–Crippen LogP) is 3.42. The van der Waals surface area contributed by atoms with Crippen LogP contribution in [0.1, 0.15) is 54.9 Å². The van der Waals surface area contributed by atoms with Crippen molar-refractivity contribution in [3.8, 4) is 0 Å². The molecule has 4 rings (SSSR count). The lowest BCUT2D eigenvalue weighted by molar-refractivity contribution is 0.231. The van der Waals surface area contributed by atoms with Crippen LogP contribution in [0.15, 0.2) is 28.8 Å². The second-order valence-corrected chi connectivity index (χ2v) is 5.98. The van der Waals surface area contributed by atoms with Crippen LogP contribution in [0.3, 0.4) is 0 Å². The molecule has 110 valence electrons. The first-order valence-corrected chi connectivity index (χ1v) is 7.62. The second kappa shape index (κ2) is 5.22. The van der Waals surface area contributed by atoms with Crippen LogP contribution < -0.4 is 0 Å². The van der Waals surface area contributed by atoms with E-state index in [-0.39, 0.29) is 11.9 Å². The molecule has 2 heterocycles. The Bertz CT molecular complexity index is 638. The van der Waals surface area contributed by atoms with Crippen LogP contribution in [-0.4, -0.2) is 21.6 Å². The highest BCUT2D eigenvalue weighted by Gasteiger charge is 2.34. The van der Waals surface area contributed by atoms with E-state index in [1.807, 2.05) is 12.1 Å². The molecule has 1 saturated heterocycles. The van der Waals surface area contributed by atoms with Gasteiger partial charge in [-0.15, -0.1) is 0 Å². The molecule has 1 aliphatic carbocycles. The summed E-state index contributed by atoms with van der Waals surface area (Å²) in [5.41, 5.74) is 0.732. The summed E-state index contributed by atoms with van der Waals surface area (Å²) in [6, 6.07) is 7.11. The molecular weight excluding hydrogens is 269 g/mol. The van der Waals surface area contributed by atoms with Crippen LogP contribution in [-0.2, 0) is 6.54 Å². The van der Waals surface area contributed by atoms with E-state index in [0.29, 0.717) is 12.5 Å². The van der Waals surface area contributed by atoms with Gasteiger partial charge in [0.15, 0.2) is 5.82 Å². The summed E-state index contributed by atoms with van der Waals surface area (Å²) in [7, 11) is 0. The Morgan fingerprint density at radius 3 is 2.90 bits per heavy atom. The van der Waals surface area contributed by atoms with Gasteiger partial charge in [0.1, 0.15) is 5.82 Å². The van der Waals surface area contributed by atoms with Crippen molar-refractivity contribution < 1.29 is 8.91 Å². The maximum Gasteiger partial charge on any atom is 0.229 e. The molecule has 1 aromatic heterocycles. The van der Waals surface area contributed by atoms with Crippen LogP contribution in [0.2, 0.25) is 0 Å². The van der Waals surface area contributed by atoms with Gasteiger partial charge in [-0.1, -0.05) is 23.4 Å². The van der Waals surface area contributed by atoms with Crippen LogP contribution >= 0.6 is 0 Å². The minimum atomic E-state index is -0.144. The van der Waals surface area contributed by atoms with E-state index >= 15 is 0 Å². The molecule has 5 heteroatoms. The number of aromatic nitrogens is 2. The highest BCUT2D eigenvalue weighted by molar-refractivity contribution is 5.18. The molecule has 0 radical (unpaired) electrons. The number of halogens is 1. The van der Waals surface area contributed by atoms with Crippen molar-refractivity contribution in [2.75, 3.05) is 6.54 Å². The van der Waals surface area contributed by atoms with Gasteiger partial charge in [0.25, 0.3) is 0 Å². The van der Waals surface area contributed by atoms with E-state index in [2.05, 4.69) is 15.0 Å². The zero-order valence-electron chi connectivity index (χ0n) is 11.8. The number of likely N-dealkylation sites (tertiary alicyclic amines) is 1. The highest BCUT2D eigenvalue weighted by atomic mass is 19.1. The summed E-state index contributed by atoms with van der Waals surface area (Å²) >= 11 is 0. The lowest BCUT2D eigenvalue weighted by Crippen LogP contribution is -2.24. The number of benzene rings is 1. The summed E-state index contributed by atoms with van der Waals surface area (Å²) in [6.07, 6.45) is 4.42. The smallest absolute Gasteiger partial charge is 0.229 e. The van der Waals surface area contributed by atoms with Crippen molar-refractivity contribution >= 4 is 0 Å². The number of hydrogen-bond donors (Lipinski definition) is 0. The van der Waals surface area contributed by atoms with Crippen molar-refractivity contribution in [1.29, 1.82) is 0 Å². The standard InChI is InChI=1S/C16H18FN3O/c17-13-5-2-1-4-12(13)10-20-9-3-6-14(20)15-18-16(21-19-15)11-7-8-11/h1-2,4-5,11,14H,3,6-10H2/t14-/m1/s1. The molecule has 2 fully saturated rings. The lowest BCUT2D eigenvalue weighted by atomic mass is 10.1. The topological polar surface area (TPSA) is 42.2 Å². The first kappa shape index (κ1) is 13.0. The van der Waals surface area contributed by atoms with Crippen LogP contribution in [0.4, 0.5) is 4.39 Å². The van der Waals surface area contributed by atoms with Gasteiger partial charge >= 0.3 is 0 Å². The molecule has 1 saturated carbocycles. The summed E-state index contributed by atoms with van der Waals surface area (Å²) < 4.78 is 19.2. The number of hydrogen-bond acceptors (Lipinski definition) is 4. The van der Waals surface area contributed by atoms with Gasteiger partial charge in [0.2, 0.25) is 5.89 Å². The van der Waals surface area contributed by atoms with Crippen molar-refractivity contribution in [2.45, 2.75) is 44.2 Å². The average Bonchev–Trinajstić information content (AvgIpc) is 3.05. The zero-order valence-corrected chi connectivity index (χ0v) is 11.8. The molecule has 2 aliphatic rings. The van der Waals surface area contributed by atoms with E-state index in [9.17, 15) is 4.39 Å². The van der Waals surface area contributed by atoms with Crippen LogP contribution in [0.25, 0.3) is 0 Å². The van der Waals surface area contributed by atoms with Gasteiger partial charge in [-0.25, -0.2) is 4.39 Å². The third kappa shape index (κ3) is 2.58. The molecule has 0 N–H and O–H groups in total. The lowest BCUT2D eigenvalue weighted by Gasteiger charge is -2.22. The van der Waals surface area contributed by atoms with Gasteiger partial charge in [0.05, 0.1) is 6.04 Å². The molecule has 2 aromatic rings. The van der Waals surface area contributed by atoms with Gasteiger partial charge < -0.3 is 4.52 Å². The van der Waals surface area contributed by atoms with Crippen molar-refractivity contribution in [2.24, 2.45) is 0 Å². The normalized spacial score (nSPS) is 22.8. The van der Waals surface area contributed by atoms with Crippen LogP contribution in [0.5, 0.6) is 0 Å². The van der Waals surface area contributed by atoms with E-state index in [1.54, 1.807) is 6.07 Å². The maximum absolute atomic E-state index is 13.8. The van der Waals surface area contributed by atoms with E-state index in [4.69, 9.17) is 4.52 Å². The SMILES string of the molecule is Fc1ccccc1CN1CCC[C@@H]1c1noc(C2CC2)n1. The highest BCUT2D eigenvalue weighted by Crippen LogP contribution is 2.40. The van der Waals surface area contributed by atoms with Crippen molar-refractivity contribution in [3.63, 3.8) is 0 Å². The predicted molar refractivity (Wildman–Crippen MR) is 75.1 cm³/mol. The number of rotatable bonds is 4. The zero-order chi connectivity index (χ0) is 14.2. The molecule has 0 unspecified atom stereocenters. The Labute approximate surface area is 123 Å². The molecule has 1 aromatic carbocycles. The summed E-state index contributed by atoms with van der Waals surface area (Å²) in [4.78, 5) is 6.81. The average molecular weight is 287 g/mol. The Morgan fingerprint density at radius 1 is 1.24 bits per heavy atom. The summed E-state index contributed by atoms with van der Waals surface area (Å²) in [6.45, 7) is 1.55. The van der Waals surface area contributed by atoms with Gasteiger partial charge in [-0.3, -0.25) is 4.90 Å². The first-order chi connectivity index (χ1) is 10.3. The van der Waals surface area contributed by atoms with Gasteiger partial charge in [-0.2, -0.15) is 4.98 Å². The Kier molecular flexibility index (Phi) is 3.22. The third-order valence-electron chi connectivity index (χ3n) is 4.38. The van der Waals surface area contributed by atoms with E-state index in [1.165, 1.54) is 6.07 Å². The fraction of sp³-hybridized carbons (Fsp3) is 0.500.